The molecule has 1 aromatic heterocycles. The maximum absolute atomic E-state index is 12.1. The Hall–Kier alpha value is -1.82. The second-order valence-corrected chi connectivity index (χ2v) is 8.48. The SMILES string of the molecule is CC.Cc1nn(C(C)(C)C)c(N(C)S(C)(=O)=O)c1-c1ccccc1. The van der Waals surface area contributed by atoms with Gasteiger partial charge in [-0.2, -0.15) is 5.10 Å². The molecule has 0 saturated carbocycles. The third-order valence-electron chi connectivity index (χ3n) is 3.53. The summed E-state index contributed by atoms with van der Waals surface area (Å²) in [4.78, 5) is 0. The summed E-state index contributed by atoms with van der Waals surface area (Å²) in [5.41, 5.74) is 2.29. The number of aryl methyl sites for hydroxylation is 1. The van der Waals surface area contributed by atoms with Gasteiger partial charge in [0.25, 0.3) is 0 Å². The fraction of sp³-hybridized carbons (Fsp3) is 0.500. The lowest BCUT2D eigenvalue weighted by atomic mass is 10.0. The minimum atomic E-state index is -3.38. The summed E-state index contributed by atoms with van der Waals surface area (Å²) in [5, 5.41) is 4.60. The van der Waals surface area contributed by atoms with Crippen LogP contribution in [0.15, 0.2) is 30.3 Å². The van der Waals surface area contributed by atoms with E-state index in [1.54, 1.807) is 11.7 Å². The molecule has 24 heavy (non-hydrogen) atoms. The van der Waals surface area contributed by atoms with Crippen LogP contribution in [-0.2, 0) is 15.6 Å². The molecule has 0 bridgehead atoms. The van der Waals surface area contributed by atoms with Crippen LogP contribution >= 0.6 is 0 Å². The van der Waals surface area contributed by atoms with Gasteiger partial charge in [0.2, 0.25) is 10.0 Å². The maximum atomic E-state index is 12.1. The molecule has 134 valence electrons. The van der Waals surface area contributed by atoms with Crippen LogP contribution in [0.3, 0.4) is 0 Å². The number of benzene rings is 1. The van der Waals surface area contributed by atoms with Gasteiger partial charge in [-0.3, -0.25) is 4.31 Å². The molecule has 0 radical (unpaired) electrons. The average Bonchev–Trinajstić information content (AvgIpc) is 2.86. The van der Waals surface area contributed by atoms with Crippen molar-refractivity contribution in [2.75, 3.05) is 17.6 Å². The molecule has 0 N–H and O–H groups in total. The predicted octanol–water partition coefficient (Wildman–Crippen LogP) is 4.04. The van der Waals surface area contributed by atoms with Crippen LogP contribution in [0.1, 0.15) is 40.3 Å². The maximum Gasteiger partial charge on any atom is 0.233 e. The van der Waals surface area contributed by atoms with Crippen molar-refractivity contribution in [1.82, 2.24) is 9.78 Å². The van der Waals surface area contributed by atoms with Crippen LogP contribution in [0.2, 0.25) is 0 Å². The van der Waals surface area contributed by atoms with Crippen LogP contribution in [0.5, 0.6) is 0 Å². The van der Waals surface area contributed by atoms with E-state index in [4.69, 9.17) is 0 Å². The molecule has 0 spiro atoms. The number of hydrogen-bond acceptors (Lipinski definition) is 3. The summed E-state index contributed by atoms with van der Waals surface area (Å²) in [5.74, 6) is 0.596. The van der Waals surface area contributed by atoms with E-state index in [0.717, 1.165) is 16.8 Å². The Morgan fingerprint density at radius 1 is 1.08 bits per heavy atom. The standard InChI is InChI=1S/C16H23N3O2S.C2H6/c1-12-14(13-10-8-7-9-11-13)15(18(5)22(6,20)21)19(17-12)16(2,3)4;1-2/h7-11H,1-6H3;1-2H3. The first-order valence-electron chi connectivity index (χ1n) is 8.13. The normalized spacial score (nSPS) is 11.7. The first-order chi connectivity index (χ1) is 11.0. The van der Waals surface area contributed by atoms with E-state index in [9.17, 15) is 8.42 Å². The molecule has 0 fully saturated rings. The second-order valence-electron chi connectivity index (χ2n) is 6.46. The number of hydrogen-bond donors (Lipinski definition) is 0. The van der Waals surface area contributed by atoms with Gasteiger partial charge in [-0.15, -0.1) is 0 Å². The Kier molecular flexibility index (Phi) is 6.22. The number of aromatic nitrogens is 2. The molecule has 1 heterocycles. The highest BCUT2D eigenvalue weighted by molar-refractivity contribution is 7.92. The summed E-state index contributed by atoms with van der Waals surface area (Å²) in [6, 6.07) is 9.75. The first-order valence-corrected chi connectivity index (χ1v) is 9.97. The molecule has 2 rings (SSSR count). The third-order valence-corrected chi connectivity index (χ3v) is 4.70. The Morgan fingerprint density at radius 2 is 1.58 bits per heavy atom. The summed E-state index contributed by atoms with van der Waals surface area (Å²) in [6.07, 6.45) is 1.21. The molecule has 0 aliphatic carbocycles. The third kappa shape index (κ3) is 4.17. The highest BCUT2D eigenvalue weighted by Gasteiger charge is 2.29. The van der Waals surface area contributed by atoms with Gasteiger partial charge in [0.1, 0.15) is 5.82 Å². The lowest BCUT2D eigenvalue weighted by Gasteiger charge is -2.27. The van der Waals surface area contributed by atoms with Gasteiger partial charge < -0.3 is 0 Å². The van der Waals surface area contributed by atoms with E-state index in [-0.39, 0.29) is 5.54 Å². The van der Waals surface area contributed by atoms with Crippen molar-refractivity contribution in [2.24, 2.45) is 0 Å². The molecule has 0 amide bonds. The number of anilines is 1. The van der Waals surface area contributed by atoms with Crippen LogP contribution in [0, 0.1) is 6.92 Å². The lowest BCUT2D eigenvalue weighted by molar-refractivity contribution is 0.357. The quantitative estimate of drug-likeness (QED) is 0.839. The average molecular weight is 352 g/mol. The van der Waals surface area contributed by atoms with Gasteiger partial charge in [0.05, 0.1) is 17.5 Å². The van der Waals surface area contributed by atoms with Gasteiger partial charge in [-0.1, -0.05) is 44.2 Å². The summed E-state index contributed by atoms with van der Waals surface area (Å²) >= 11 is 0. The van der Waals surface area contributed by atoms with E-state index in [2.05, 4.69) is 5.10 Å². The molecule has 0 aliphatic rings. The first kappa shape index (κ1) is 20.2. The molecule has 0 atom stereocenters. The van der Waals surface area contributed by atoms with E-state index in [1.807, 2.05) is 71.9 Å². The molecule has 1 aromatic carbocycles. The molecule has 0 unspecified atom stereocenters. The van der Waals surface area contributed by atoms with Crippen molar-refractivity contribution in [3.05, 3.63) is 36.0 Å². The molecular weight excluding hydrogens is 322 g/mol. The number of rotatable bonds is 3. The zero-order chi connectivity index (χ0) is 18.7. The van der Waals surface area contributed by atoms with Gasteiger partial charge in [-0.05, 0) is 33.3 Å². The van der Waals surface area contributed by atoms with Crippen molar-refractivity contribution in [1.29, 1.82) is 0 Å². The molecule has 2 aromatic rings. The fourth-order valence-electron chi connectivity index (χ4n) is 2.37. The Morgan fingerprint density at radius 3 is 2.00 bits per heavy atom. The summed E-state index contributed by atoms with van der Waals surface area (Å²) < 4.78 is 27.3. The highest BCUT2D eigenvalue weighted by atomic mass is 32.2. The zero-order valence-electron chi connectivity index (χ0n) is 16.0. The Balaban J connectivity index is 0.00000139. The van der Waals surface area contributed by atoms with Crippen molar-refractivity contribution >= 4 is 15.8 Å². The molecule has 6 heteroatoms. The van der Waals surface area contributed by atoms with Crippen molar-refractivity contribution in [2.45, 2.75) is 47.1 Å². The topological polar surface area (TPSA) is 55.2 Å². The lowest BCUT2D eigenvalue weighted by Crippen LogP contribution is -2.33. The van der Waals surface area contributed by atoms with Crippen LogP contribution in [0.4, 0.5) is 5.82 Å². The molecule has 0 aliphatic heterocycles. The van der Waals surface area contributed by atoms with Gasteiger partial charge in [-0.25, -0.2) is 13.1 Å². The van der Waals surface area contributed by atoms with E-state index < -0.39 is 10.0 Å². The predicted molar refractivity (Wildman–Crippen MR) is 102 cm³/mol. The zero-order valence-corrected chi connectivity index (χ0v) is 16.8. The van der Waals surface area contributed by atoms with E-state index >= 15 is 0 Å². The minimum Gasteiger partial charge on any atom is -0.257 e. The van der Waals surface area contributed by atoms with Crippen LogP contribution in [-0.4, -0.2) is 31.5 Å². The van der Waals surface area contributed by atoms with Crippen LogP contribution in [0.25, 0.3) is 11.1 Å². The van der Waals surface area contributed by atoms with E-state index in [0.29, 0.717) is 5.82 Å². The smallest absolute Gasteiger partial charge is 0.233 e. The largest absolute Gasteiger partial charge is 0.257 e. The molecule has 0 saturated heterocycles. The minimum absolute atomic E-state index is 0.327. The Bertz CT molecular complexity index is 773. The van der Waals surface area contributed by atoms with Crippen molar-refractivity contribution < 1.29 is 8.42 Å². The van der Waals surface area contributed by atoms with Crippen LogP contribution < -0.4 is 4.31 Å². The Labute approximate surface area is 146 Å². The van der Waals surface area contributed by atoms with Gasteiger partial charge >= 0.3 is 0 Å². The van der Waals surface area contributed by atoms with Gasteiger partial charge in [0.15, 0.2) is 0 Å². The van der Waals surface area contributed by atoms with Gasteiger partial charge in [0, 0.05) is 12.6 Å². The molecular formula is C18H29N3O2S. The van der Waals surface area contributed by atoms with Crippen molar-refractivity contribution in [3.8, 4) is 11.1 Å². The number of nitrogens with zero attached hydrogens (tertiary/aromatic N) is 3. The van der Waals surface area contributed by atoms with Crippen molar-refractivity contribution in [3.63, 3.8) is 0 Å². The molecule has 5 nitrogen and oxygen atoms in total. The van der Waals surface area contributed by atoms with E-state index in [1.165, 1.54) is 10.6 Å². The number of sulfonamides is 1. The summed E-state index contributed by atoms with van der Waals surface area (Å²) in [7, 11) is -1.81. The fourth-order valence-corrected chi connectivity index (χ4v) is 2.86. The summed E-state index contributed by atoms with van der Waals surface area (Å²) in [6.45, 7) is 11.9. The second kappa shape index (κ2) is 7.38. The monoisotopic (exact) mass is 351 g/mol. The highest BCUT2D eigenvalue weighted by Crippen LogP contribution is 2.37.